The van der Waals surface area contributed by atoms with Crippen LogP contribution in [0.15, 0.2) is 65.1 Å². The highest BCUT2D eigenvalue weighted by atomic mass is 16.3. The van der Waals surface area contributed by atoms with Crippen molar-refractivity contribution in [2.24, 2.45) is 5.73 Å². The monoisotopic (exact) mass is 288 g/mol. The zero-order chi connectivity index (χ0) is 15.4. The van der Waals surface area contributed by atoms with E-state index in [0.29, 0.717) is 12.1 Å². The molecule has 0 radical (unpaired) electrons. The van der Waals surface area contributed by atoms with Crippen LogP contribution in [0.4, 0.5) is 0 Å². The van der Waals surface area contributed by atoms with Gasteiger partial charge in [0, 0.05) is 11.1 Å². The van der Waals surface area contributed by atoms with Gasteiger partial charge in [-0.15, -0.1) is 0 Å². The Morgan fingerprint density at radius 3 is 2.36 bits per heavy atom. The van der Waals surface area contributed by atoms with Crippen LogP contribution in [-0.2, 0) is 6.42 Å². The normalized spacial score (nSPS) is 10.4. The van der Waals surface area contributed by atoms with Crippen molar-refractivity contribution >= 4 is 0 Å². The van der Waals surface area contributed by atoms with Crippen LogP contribution in [-0.4, -0.2) is 6.54 Å². The average Bonchev–Trinajstić information content (AvgIpc) is 3.05. The molecular formula is C19H16N2O. The molecule has 3 nitrogen and oxygen atoms in total. The number of benzene rings is 2. The third-order valence-electron chi connectivity index (χ3n) is 3.60. The number of hydrogen-bond donors (Lipinski definition) is 1. The van der Waals surface area contributed by atoms with E-state index in [0.717, 1.165) is 29.1 Å². The number of nitrogens with two attached hydrogens (primary N) is 1. The summed E-state index contributed by atoms with van der Waals surface area (Å²) in [5.74, 6) is 1.63. The van der Waals surface area contributed by atoms with E-state index in [-0.39, 0.29) is 0 Å². The number of rotatable bonds is 4. The number of nitrogens with zero attached hydrogens (tertiary/aromatic N) is 1. The fraction of sp³-hybridized carbons (Fsp3) is 0.105. The number of nitriles is 1. The smallest absolute Gasteiger partial charge is 0.135 e. The van der Waals surface area contributed by atoms with Gasteiger partial charge in [-0.3, -0.25) is 0 Å². The Morgan fingerprint density at radius 2 is 1.64 bits per heavy atom. The lowest BCUT2D eigenvalue weighted by atomic mass is 10.0. The minimum Gasteiger partial charge on any atom is -0.456 e. The van der Waals surface area contributed by atoms with Crippen molar-refractivity contribution in [1.29, 1.82) is 5.26 Å². The lowest BCUT2D eigenvalue weighted by Gasteiger charge is -2.05. The summed E-state index contributed by atoms with van der Waals surface area (Å²) >= 11 is 0. The Kier molecular flexibility index (Phi) is 4.04. The molecule has 0 bridgehead atoms. The number of furan rings is 1. The fourth-order valence-corrected chi connectivity index (χ4v) is 2.48. The SMILES string of the molecule is N#Cc1ccc(-c2ccc(-c3ccccc3CCN)o2)cc1. The molecule has 2 aromatic carbocycles. The first-order valence-electron chi connectivity index (χ1n) is 7.20. The average molecular weight is 288 g/mol. The Morgan fingerprint density at radius 1 is 0.909 bits per heavy atom. The van der Waals surface area contributed by atoms with E-state index in [2.05, 4.69) is 12.1 Å². The molecule has 0 spiro atoms. The van der Waals surface area contributed by atoms with E-state index >= 15 is 0 Å². The van der Waals surface area contributed by atoms with Crippen LogP contribution in [0.5, 0.6) is 0 Å². The van der Waals surface area contributed by atoms with Gasteiger partial charge in [0.1, 0.15) is 11.5 Å². The van der Waals surface area contributed by atoms with E-state index in [1.165, 1.54) is 5.56 Å². The van der Waals surface area contributed by atoms with Crippen molar-refractivity contribution in [3.05, 3.63) is 71.8 Å². The Balaban J connectivity index is 1.95. The van der Waals surface area contributed by atoms with Gasteiger partial charge in [-0.2, -0.15) is 5.26 Å². The van der Waals surface area contributed by atoms with E-state index in [1.54, 1.807) is 12.1 Å². The molecule has 0 saturated carbocycles. The van der Waals surface area contributed by atoms with Crippen LogP contribution in [0.1, 0.15) is 11.1 Å². The summed E-state index contributed by atoms with van der Waals surface area (Å²) in [7, 11) is 0. The van der Waals surface area contributed by atoms with Gasteiger partial charge < -0.3 is 10.2 Å². The maximum absolute atomic E-state index is 8.85. The van der Waals surface area contributed by atoms with Crippen molar-refractivity contribution in [3.63, 3.8) is 0 Å². The second-order valence-corrected chi connectivity index (χ2v) is 5.05. The van der Waals surface area contributed by atoms with Crippen molar-refractivity contribution in [1.82, 2.24) is 0 Å². The zero-order valence-corrected chi connectivity index (χ0v) is 12.1. The molecule has 0 unspecified atom stereocenters. The van der Waals surface area contributed by atoms with Crippen molar-refractivity contribution < 1.29 is 4.42 Å². The predicted molar refractivity (Wildman–Crippen MR) is 87.1 cm³/mol. The minimum atomic E-state index is 0.611. The van der Waals surface area contributed by atoms with Gasteiger partial charge in [0.05, 0.1) is 11.6 Å². The molecule has 0 atom stereocenters. The van der Waals surface area contributed by atoms with Gasteiger partial charge in [-0.05, 0) is 54.9 Å². The second-order valence-electron chi connectivity index (χ2n) is 5.05. The maximum atomic E-state index is 8.85. The van der Waals surface area contributed by atoms with Gasteiger partial charge in [0.15, 0.2) is 0 Å². The molecule has 1 aromatic heterocycles. The molecule has 3 aromatic rings. The van der Waals surface area contributed by atoms with Gasteiger partial charge in [0.2, 0.25) is 0 Å². The van der Waals surface area contributed by atoms with Crippen LogP contribution in [0, 0.1) is 11.3 Å². The van der Waals surface area contributed by atoms with Gasteiger partial charge >= 0.3 is 0 Å². The quantitative estimate of drug-likeness (QED) is 0.789. The van der Waals surface area contributed by atoms with E-state index < -0.39 is 0 Å². The van der Waals surface area contributed by atoms with Crippen LogP contribution in [0.2, 0.25) is 0 Å². The third-order valence-corrected chi connectivity index (χ3v) is 3.60. The summed E-state index contributed by atoms with van der Waals surface area (Å²) < 4.78 is 5.99. The maximum Gasteiger partial charge on any atom is 0.135 e. The van der Waals surface area contributed by atoms with Crippen LogP contribution >= 0.6 is 0 Å². The molecule has 3 rings (SSSR count). The van der Waals surface area contributed by atoms with Crippen molar-refractivity contribution in [2.45, 2.75) is 6.42 Å². The Hall–Kier alpha value is -2.83. The molecular weight excluding hydrogens is 272 g/mol. The third kappa shape index (κ3) is 2.78. The molecule has 0 aliphatic heterocycles. The van der Waals surface area contributed by atoms with Gasteiger partial charge in [-0.25, -0.2) is 0 Å². The molecule has 0 saturated heterocycles. The topological polar surface area (TPSA) is 63.0 Å². The summed E-state index contributed by atoms with van der Waals surface area (Å²) in [6, 6.07) is 21.6. The lowest BCUT2D eigenvalue weighted by Crippen LogP contribution is -2.03. The molecule has 108 valence electrons. The highest BCUT2D eigenvalue weighted by molar-refractivity contribution is 5.67. The Labute approximate surface area is 129 Å². The fourth-order valence-electron chi connectivity index (χ4n) is 2.48. The molecule has 1 heterocycles. The van der Waals surface area contributed by atoms with Crippen molar-refractivity contribution in [3.8, 4) is 28.7 Å². The highest BCUT2D eigenvalue weighted by Gasteiger charge is 2.10. The summed E-state index contributed by atoms with van der Waals surface area (Å²) in [6.07, 6.45) is 0.822. The van der Waals surface area contributed by atoms with E-state index in [9.17, 15) is 0 Å². The van der Waals surface area contributed by atoms with Crippen LogP contribution in [0.25, 0.3) is 22.6 Å². The molecule has 22 heavy (non-hydrogen) atoms. The van der Waals surface area contributed by atoms with Crippen LogP contribution < -0.4 is 5.73 Å². The first-order valence-corrected chi connectivity index (χ1v) is 7.20. The molecule has 0 aliphatic rings. The molecule has 0 aliphatic carbocycles. The predicted octanol–water partition coefficient (Wildman–Crippen LogP) is 3.99. The summed E-state index contributed by atoms with van der Waals surface area (Å²) in [6.45, 7) is 0.611. The number of hydrogen-bond acceptors (Lipinski definition) is 3. The summed E-state index contributed by atoms with van der Waals surface area (Å²) in [5.41, 5.74) is 9.54. The summed E-state index contributed by atoms with van der Waals surface area (Å²) in [5, 5.41) is 8.85. The highest BCUT2D eigenvalue weighted by Crippen LogP contribution is 2.30. The molecule has 0 amide bonds. The largest absolute Gasteiger partial charge is 0.456 e. The Bertz CT molecular complexity index is 810. The standard InChI is InChI=1S/C19H16N2O/c20-12-11-15-3-1-2-4-17(15)19-10-9-18(22-19)16-7-5-14(13-21)6-8-16/h1-10H,11-12,20H2. The molecule has 0 fully saturated rings. The zero-order valence-electron chi connectivity index (χ0n) is 12.1. The van der Waals surface area contributed by atoms with Gasteiger partial charge in [-0.1, -0.05) is 24.3 Å². The van der Waals surface area contributed by atoms with E-state index in [1.807, 2.05) is 42.5 Å². The summed E-state index contributed by atoms with van der Waals surface area (Å²) in [4.78, 5) is 0. The molecule has 2 N–H and O–H groups in total. The van der Waals surface area contributed by atoms with Crippen molar-refractivity contribution in [2.75, 3.05) is 6.54 Å². The lowest BCUT2D eigenvalue weighted by molar-refractivity contribution is 0.596. The van der Waals surface area contributed by atoms with E-state index in [4.69, 9.17) is 15.4 Å². The van der Waals surface area contributed by atoms with Crippen LogP contribution in [0.3, 0.4) is 0 Å². The first kappa shape index (κ1) is 14.1. The van der Waals surface area contributed by atoms with Gasteiger partial charge in [0.25, 0.3) is 0 Å². The first-order chi connectivity index (χ1) is 10.8. The minimum absolute atomic E-state index is 0.611. The molecule has 3 heteroatoms. The second kappa shape index (κ2) is 6.30.